The predicted molar refractivity (Wildman–Crippen MR) is 109 cm³/mol. The molecule has 0 spiro atoms. The van der Waals surface area contributed by atoms with Crippen LogP contribution in [-0.4, -0.2) is 9.55 Å². The lowest BCUT2D eigenvalue weighted by molar-refractivity contribution is 0.477. The quantitative estimate of drug-likeness (QED) is 0.448. The van der Waals surface area contributed by atoms with Gasteiger partial charge in [0.05, 0.1) is 23.1 Å². The van der Waals surface area contributed by atoms with Gasteiger partial charge in [-0.15, -0.1) is 0 Å². The summed E-state index contributed by atoms with van der Waals surface area (Å²) in [5, 5.41) is 3.66. The second-order valence-corrected chi connectivity index (χ2v) is 7.62. The summed E-state index contributed by atoms with van der Waals surface area (Å²) in [6, 6.07) is 28.2. The van der Waals surface area contributed by atoms with E-state index in [0.29, 0.717) is 0 Å². The molecular weight excluding hydrogens is 386 g/mol. The number of rotatable bonds is 2. The molecule has 0 amide bonds. The summed E-state index contributed by atoms with van der Waals surface area (Å²) in [6.07, 6.45) is 0.985. The number of nitrogens with zero attached hydrogens (tertiary/aromatic N) is 2. The topological polar surface area (TPSA) is 29.9 Å². The number of para-hydroxylation sites is 2. The molecule has 0 saturated heterocycles. The van der Waals surface area contributed by atoms with Gasteiger partial charge >= 0.3 is 0 Å². The molecule has 4 heteroatoms. The van der Waals surface area contributed by atoms with Crippen LogP contribution in [0.5, 0.6) is 0 Å². The maximum absolute atomic E-state index is 4.86. The van der Waals surface area contributed by atoms with Gasteiger partial charge in [0, 0.05) is 4.47 Å². The van der Waals surface area contributed by atoms with E-state index in [9.17, 15) is 0 Å². The Morgan fingerprint density at radius 1 is 0.846 bits per heavy atom. The Labute approximate surface area is 160 Å². The molecular formula is C22H18BrN3. The fourth-order valence-electron chi connectivity index (χ4n) is 3.88. The molecule has 4 aromatic rings. The van der Waals surface area contributed by atoms with Gasteiger partial charge in [0.1, 0.15) is 0 Å². The number of benzene rings is 3. The first-order valence-electron chi connectivity index (χ1n) is 8.83. The molecule has 1 N–H and O–H groups in total. The lowest BCUT2D eigenvalue weighted by Gasteiger charge is -2.33. The minimum atomic E-state index is 0.245. The van der Waals surface area contributed by atoms with E-state index >= 15 is 0 Å². The maximum atomic E-state index is 4.86. The Balaban J connectivity index is 1.67. The molecule has 0 saturated carbocycles. The second-order valence-electron chi connectivity index (χ2n) is 6.70. The van der Waals surface area contributed by atoms with Gasteiger partial charge < -0.3 is 9.88 Å². The third-order valence-corrected chi connectivity index (χ3v) is 5.66. The fourth-order valence-corrected chi connectivity index (χ4v) is 4.14. The lowest BCUT2D eigenvalue weighted by Crippen LogP contribution is -2.27. The molecule has 26 heavy (non-hydrogen) atoms. The number of nitrogens with one attached hydrogen (secondary N) is 1. The van der Waals surface area contributed by atoms with E-state index < -0.39 is 0 Å². The summed E-state index contributed by atoms with van der Waals surface area (Å²) in [4.78, 5) is 4.86. The van der Waals surface area contributed by atoms with Crippen LogP contribution in [0, 0.1) is 0 Å². The van der Waals surface area contributed by atoms with E-state index in [1.54, 1.807) is 0 Å². The minimum Gasteiger partial charge on any atom is -0.349 e. The van der Waals surface area contributed by atoms with Gasteiger partial charge in [-0.3, -0.25) is 0 Å². The molecule has 2 atom stereocenters. The molecule has 1 aliphatic heterocycles. The highest BCUT2D eigenvalue weighted by atomic mass is 79.9. The molecule has 0 aliphatic carbocycles. The molecule has 0 radical (unpaired) electrons. The second kappa shape index (κ2) is 6.29. The van der Waals surface area contributed by atoms with Crippen molar-refractivity contribution < 1.29 is 0 Å². The van der Waals surface area contributed by atoms with E-state index in [4.69, 9.17) is 4.98 Å². The molecule has 0 bridgehead atoms. The molecule has 5 rings (SSSR count). The van der Waals surface area contributed by atoms with Crippen LogP contribution < -0.4 is 5.32 Å². The average molecular weight is 404 g/mol. The number of fused-ring (bicyclic) bond motifs is 3. The Kier molecular flexibility index (Phi) is 3.79. The molecule has 2 heterocycles. The summed E-state index contributed by atoms with van der Waals surface area (Å²) in [5.41, 5.74) is 4.81. The van der Waals surface area contributed by atoms with Crippen molar-refractivity contribution in [3.63, 3.8) is 0 Å². The van der Waals surface area contributed by atoms with Crippen molar-refractivity contribution in [2.24, 2.45) is 0 Å². The highest BCUT2D eigenvalue weighted by molar-refractivity contribution is 9.10. The van der Waals surface area contributed by atoms with Crippen molar-refractivity contribution in [2.75, 3.05) is 5.32 Å². The van der Waals surface area contributed by atoms with Crippen molar-refractivity contribution in [3.8, 4) is 0 Å². The van der Waals surface area contributed by atoms with E-state index in [-0.39, 0.29) is 12.1 Å². The SMILES string of the molecule is Brc1ccc([C@H]2C[C@@H](c3ccccc3)Nc3nc4ccccc4n32)cc1. The van der Waals surface area contributed by atoms with Crippen LogP contribution in [0.25, 0.3) is 11.0 Å². The van der Waals surface area contributed by atoms with Gasteiger partial charge in [0.15, 0.2) is 0 Å². The van der Waals surface area contributed by atoms with E-state index in [1.807, 2.05) is 6.07 Å². The van der Waals surface area contributed by atoms with Crippen LogP contribution in [0.3, 0.4) is 0 Å². The molecule has 0 unspecified atom stereocenters. The number of imidazole rings is 1. The first kappa shape index (κ1) is 15.6. The first-order valence-corrected chi connectivity index (χ1v) is 9.63. The number of halogens is 1. The van der Waals surface area contributed by atoms with Gasteiger partial charge in [0.25, 0.3) is 0 Å². The highest BCUT2D eigenvalue weighted by Gasteiger charge is 2.30. The fraction of sp³-hybridized carbons (Fsp3) is 0.136. The monoisotopic (exact) mass is 403 g/mol. The summed E-state index contributed by atoms with van der Waals surface area (Å²) in [7, 11) is 0. The Bertz CT molecular complexity index is 1050. The molecule has 1 aromatic heterocycles. The van der Waals surface area contributed by atoms with Crippen molar-refractivity contribution in [1.82, 2.24) is 9.55 Å². The van der Waals surface area contributed by atoms with Gasteiger partial charge in [0.2, 0.25) is 5.95 Å². The highest BCUT2D eigenvalue weighted by Crippen LogP contribution is 2.41. The van der Waals surface area contributed by atoms with Crippen LogP contribution in [0.1, 0.15) is 29.6 Å². The smallest absolute Gasteiger partial charge is 0.204 e. The van der Waals surface area contributed by atoms with Crippen molar-refractivity contribution in [3.05, 3.63) is 94.5 Å². The summed E-state index contributed by atoms with van der Waals surface area (Å²) in [6.45, 7) is 0. The van der Waals surface area contributed by atoms with Crippen LogP contribution in [0.4, 0.5) is 5.95 Å². The van der Waals surface area contributed by atoms with Crippen LogP contribution in [-0.2, 0) is 0 Å². The van der Waals surface area contributed by atoms with Crippen molar-refractivity contribution >= 4 is 32.9 Å². The van der Waals surface area contributed by atoms with E-state index in [2.05, 4.69) is 98.6 Å². The van der Waals surface area contributed by atoms with Crippen LogP contribution >= 0.6 is 15.9 Å². The third-order valence-electron chi connectivity index (χ3n) is 5.13. The Morgan fingerprint density at radius 3 is 2.38 bits per heavy atom. The zero-order chi connectivity index (χ0) is 17.5. The van der Waals surface area contributed by atoms with Gasteiger partial charge in [-0.1, -0.05) is 70.5 Å². The summed E-state index contributed by atoms with van der Waals surface area (Å²) < 4.78 is 3.45. The molecule has 3 nitrogen and oxygen atoms in total. The Hall–Kier alpha value is -2.59. The van der Waals surface area contributed by atoms with Gasteiger partial charge in [-0.25, -0.2) is 4.98 Å². The third kappa shape index (κ3) is 2.61. The number of hydrogen-bond donors (Lipinski definition) is 1. The Morgan fingerprint density at radius 2 is 1.58 bits per heavy atom. The van der Waals surface area contributed by atoms with Gasteiger partial charge in [-0.2, -0.15) is 0 Å². The lowest BCUT2D eigenvalue weighted by atomic mass is 9.93. The number of aromatic nitrogens is 2. The summed E-state index contributed by atoms with van der Waals surface area (Å²) >= 11 is 3.55. The van der Waals surface area contributed by atoms with Crippen molar-refractivity contribution in [2.45, 2.75) is 18.5 Å². The van der Waals surface area contributed by atoms with E-state index in [0.717, 1.165) is 22.4 Å². The van der Waals surface area contributed by atoms with Crippen LogP contribution in [0.2, 0.25) is 0 Å². The maximum Gasteiger partial charge on any atom is 0.204 e. The predicted octanol–water partition coefficient (Wildman–Crippen LogP) is 5.95. The zero-order valence-corrected chi connectivity index (χ0v) is 15.7. The normalized spacial score (nSPS) is 19.1. The molecule has 3 aromatic carbocycles. The van der Waals surface area contributed by atoms with Crippen molar-refractivity contribution in [1.29, 1.82) is 0 Å². The average Bonchev–Trinajstić information content (AvgIpc) is 3.07. The molecule has 128 valence electrons. The minimum absolute atomic E-state index is 0.245. The van der Waals surface area contributed by atoms with E-state index in [1.165, 1.54) is 16.6 Å². The standard InChI is InChI=1S/C22H18BrN3/c23-17-12-10-16(11-13-17)21-14-19(15-6-2-1-3-7-15)25-22-24-18-8-4-5-9-20(18)26(21)22/h1-13,19,21H,14H2,(H,24,25)/t19-,21+/m0/s1. The largest absolute Gasteiger partial charge is 0.349 e. The first-order chi connectivity index (χ1) is 12.8. The number of hydrogen-bond acceptors (Lipinski definition) is 2. The van der Waals surface area contributed by atoms with Gasteiger partial charge in [-0.05, 0) is 41.8 Å². The molecule has 1 aliphatic rings. The van der Waals surface area contributed by atoms with Crippen LogP contribution in [0.15, 0.2) is 83.3 Å². The summed E-state index contributed by atoms with van der Waals surface area (Å²) in [5.74, 6) is 0.944. The zero-order valence-electron chi connectivity index (χ0n) is 14.1. The number of anilines is 1. The molecule has 0 fully saturated rings.